The number of fused-ring (bicyclic) bond motifs is 2. The van der Waals surface area contributed by atoms with Crippen LogP contribution in [0.15, 0.2) is 72.9 Å². The molecule has 2 atom stereocenters. The van der Waals surface area contributed by atoms with Gasteiger partial charge in [-0.25, -0.2) is 0 Å². The average Bonchev–Trinajstić information content (AvgIpc) is 3.36. The van der Waals surface area contributed by atoms with Gasteiger partial charge in [-0.2, -0.15) is 0 Å². The summed E-state index contributed by atoms with van der Waals surface area (Å²) in [5, 5.41) is 15.1. The first-order chi connectivity index (χ1) is 18.4. The summed E-state index contributed by atoms with van der Waals surface area (Å²) in [4.78, 5) is 43.7. The molecule has 0 unspecified atom stereocenters. The summed E-state index contributed by atoms with van der Waals surface area (Å²) >= 11 is 0. The first-order valence-corrected chi connectivity index (χ1v) is 12.0. The van der Waals surface area contributed by atoms with Crippen molar-refractivity contribution in [3.05, 3.63) is 99.7 Å². The van der Waals surface area contributed by atoms with Gasteiger partial charge in [0.05, 0.1) is 36.3 Å². The number of carbonyl (C=O) groups is 2. The summed E-state index contributed by atoms with van der Waals surface area (Å²) in [5.74, 6) is -1.18. The van der Waals surface area contributed by atoms with E-state index in [9.17, 15) is 19.7 Å². The van der Waals surface area contributed by atoms with E-state index >= 15 is 0 Å². The highest BCUT2D eigenvalue weighted by molar-refractivity contribution is 6.05. The molecule has 3 aromatic carbocycles. The van der Waals surface area contributed by atoms with Gasteiger partial charge in [0.2, 0.25) is 5.91 Å². The van der Waals surface area contributed by atoms with Crippen LogP contribution in [0.2, 0.25) is 0 Å². The fourth-order valence-electron chi connectivity index (χ4n) is 5.11. The summed E-state index contributed by atoms with van der Waals surface area (Å²) in [7, 11) is 2.98. The molecule has 0 saturated carbocycles. The second kappa shape index (κ2) is 10.3. The Balaban J connectivity index is 1.67. The lowest BCUT2D eigenvalue weighted by atomic mass is 9.79. The number of non-ortho nitro benzene ring substituents is 1. The van der Waals surface area contributed by atoms with Gasteiger partial charge >= 0.3 is 0 Å². The van der Waals surface area contributed by atoms with Gasteiger partial charge in [0, 0.05) is 54.0 Å². The first-order valence-electron chi connectivity index (χ1n) is 12.0. The topological polar surface area (TPSA) is 127 Å². The Morgan fingerprint density at radius 2 is 1.84 bits per heavy atom. The largest absolute Gasteiger partial charge is 0.495 e. The molecule has 0 radical (unpaired) electrons. The highest BCUT2D eigenvalue weighted by atomic mass is 16.6. The molecule has 2 heterocycles. The first kappa shape index (κ1) is 25.0. The van der Waals surface area contributed by atoms with Crippen molar-refractivity contribution in [3.8, 4) is 5.75 Å². The monoisotopic (exact) mass is 514 g/mol. The van der Waals surface area contributed by atoms with E-state index < -0.39 is 22.8 Å². The molecule has 5 rings (SSSR count). The Kier molecular flexibility index (Phi) is 6.80. The standard InChI is InChI=1S/C28H26N4O6/c1-37-14-13-31-26(21-16-29-22-10-6-5-7-18(21)22)25(19-8-3-4-9-20(19)28(31)34)27(33)30-23-15-17(32(35)36)11-12-24(23)38-2/h3-12,15-16,25-26,29H,13-14H2,1-2H3,(H,30,33)/t25-,26+/m1/s1. The minimum absolute atomic E-state index is 0.169. The predicted molar refractivity (Wildman–Crippen MR) is 141 cm³/mol. The van der Waals surface area contributed by atoms with Gasteiger partial charge < -0.3 is 24.7 Å². The van der Waals surface area contributed by atoms with Gasteiger partial charge in [-0.3, -0.25) is 19.7 Å². The number of nitro groups is 1. The van der Waals surface area contributed by atoms with E-state index in [4.69, 9.17) is 9.47 Å². The van der Waals surface area contributed by atoms with Gasteiger partial charge in [0.25, 0.3) is 11.6 Å². The Morgan fingerprint density at radius 1 is 1.08 bits per heavy atom. The van der Waals surface area contributed by atoms with Crippen LogP contribution >= 0.6 is 0 Å². The highest BCUT2D eigenvalue weighted by Crippen LogP contribution is 2.45. The van der Waals surface area contributed by atoms with Gasteiger partial charge in [0.1, 0.15) is 5.75 Å². The number of H-pyrrole nitrogens is 1. The van der Waals surface area contributed by atoms with Crippen LogP contribution < -0.4 is 10.1 Å². The van der Waals surface area contributed by atoms with Crippen molar-refractivity contribution in [2.24, 2.45) is 0 Å². The maximum Gasteiger partial charge on any atom is 0.271 e. The summed E-state index contributed by atoms with van der Waals surface area (Å²) < 4.78 is 10.7. The molecule has 0 aliphatic carbocycles. The highest BCUT2D eigenvalue weighted by Gasteiger charge is 2.45. The van der Waals surface area contributed by atoms with Crippen molar-refractivity contribution in [3.63, 3.8) is 0 Å². The lowest BCUT2D eigenvalue weighted by molar-refractivity contribution is -0.384. The van der Waals surface area contributed by atoms with Crippen LogP contribution in [0.1, 0.15) is 33.4 Å². The number of para-hydroxylation sites is 1. The number of rotatable bonds is 8. The zero-order chi connectivity index (χ0) is 26.8. The molecule has 1 aliphatic heterocycles. The van der Waals surface area contributed by atoms with E-state index in [-0.39, 0.29) is 36.2 Å². The fraction of sp³-hybridized carbons (Fsp3) is 0.214. The van der Waals surface area contributed by atoms with E-state index in [1.165, 1.54) is 25.3 Å². The second-order valence-corrected chi connectivity index (χ2v) is 8.92. The van der Waals surface area contributed by atoms with Gasteiger partial charge in [-0.15, -0.1) is 0 Å². The van der Waals surface area contributed by atoms with Crippen LogP contribution in [-0.2, 0) is 9.53 Å². The molecular formula is C28H26N4O6. The smallest absolute Gasteiger partial charge is 0.271 e. The third-order valence-electron chi connectivity index (χ3n) is 6.85. The van der Waals surface area contributed by atoms with Gasteiger partial charge in [0.15, 0.2) is 0 Å². The number of anilines is 1. The molecule has 1 aromatic heterocycles. The number of aromatic amines is 1. The number of hydrogen-bond donors (Lipinski definition) is 2. The number of nitrogens with one attached hydrogen (secondary N) is 2. The molecule has 1 aliphatic rings. The van der Waals surface area contributed by atoms with Gasteiger partial charge in [-0.05, 0) is 23.8 Å². The maximum absolute atomic E-state index is 14.1. The third-order valence-corrected chi connectivity index (χ3v) is 6.85. The van der Waals surface area contributed by atoms with Crippen molar-refractivity contribution >= 4 is 34.1 Å². The number of carbonyl (C=O) groups excluding carboxylic acids is 2. The molecule has 0 bridgehead atoms. The number of hydrogen-bond acceptors (Lipinski definition) is 6. The number of nitrogens with zero attached hydrogens (tertiary/aromatic N) is 2. The lowest BCUT2D eigenvalue weighted by Gasteiger charge is -2.41. The van der Waals surface area contributed by atoms with E-state index in [2.05, 4.69) is 10.3 Å². The van der Waals surface area contributed by atoms with Crippen LogP contribution in [0.5, 0.6) is 5.75 Å². The van der Waals surface area contributed by atoms with Crippen molar-refractivity contribution in [1.29, 1.82) is 0 Å². The molecule has 10 nitrogen and oxygen atoms in total. The van der Waals surface area contributed by atoms with E-state index in [1.54, 1.807) is 36.3 Å². The number of nitro benzene ring substituents is 1. The summed E-state index contributed by atoms with van der Waals surface area (Å²) in [6, 6.07) is 18.1. The minimum Gasteiger partial charge on any atom is -0.495 e. The molecule has 2 amide bonds. The third kappa shape index (κ3) is 4.35. The number of amides is 2. The van der Waals surface area contributed by atoms with Crippen molar-refractivity contribution in [2.45, 2.75) is 12.0 Å². The SMILES string of the molecule is COCCN1C(=O)c2ccccc2[C@@H](C(=O)Nc2cc([N+](=O)[O-])ccc2OC)[C@@H]1c1c[nH]c2ccccc12. The molecule has 38 heavy (non-hydrogen) atoms. The van der Waals surface area contributed by atoms with E-state index in [0.29, 0.717) is 11.1 Å². The number of ether oxygens (including phenoxy) is 2. The predicted octanol–water partition coefficient (Wildman–Crippen LogP) is 4.65. The quantitative estimate of drug-likeness (QED) is 0.260. The Labute approximate surface area is 218 Å². The summed E-state index contributed by atoms with van der Waals surface area (Å²) in [6.45, 7) is 0.539. The number of benzene rings is 3. The Bertz CT molecular complexity index is 1530. The van der Waals surface area contributed by atoms with Crippen molar-refractivity contribution in [1.82, 2.24) is 9.88 Å². The Hall–Kier alpha value is -4.70. The summed E-state index contributed by atoms with van der Waals surface area (Å²) in [5.41, 5.74) is 2.64. The molecule has 2 N–H and O–H groups in total. The zero-order valence-corrected chi connectivity index (χ0v) is 20.8. The van der Waals surface area contributed by atoms with Crippen molar-refractivity contribution in [2.75, 3.05) is 32.7 Å². The Morgan fingerprint density at radius 3 is 2.61 bits per heavy atom. The van der Waals surface area contributed by atoms with E-state index in [1.807, 2.05) is 30.5 Å². The second-order valence-electron chi connectivity index (χ2n) is 8.92. The van der Waals surface area contributed by atoms with E-state index in [0.717, 1.165) is 16.5 Å². The molecule has 10 heteroatoms. The van der Waals surface area contributed by atoms with Crippen LogP contribution in [0, 0.1) is 10.1 Å². The normalized spacial score (nSPS) is 16.8. The summed E-state index contributed by atoms with van der Waals surface area (Å²) in [6.07, 6.45) is 1.82. The lowest BCUT2D eigenvalue weighted by Crippen LogP contribution is -2.47. The number of aromatic nitrogens is 1. The zero-order valence-electron chi connectivity index (χ0n) is 20.8. The van der Waals surface area contributed by atoms with Crippen molar-refractivity contribution < 1.29 is 24.0 Å². The maximum atomic E-state index is 14.1. The van der Waals surface area contributed by atoms with Crippen LogP contribution in [0.4, 0.5) is 11.4 Å². The fourth-order valence-corrected chi connectivity index (χ4v) is 5.11. The molecule has 4 aromatic rings. The minimum atomic E-state index is -0.830. The molecule has 0 fully saturated rings. The molecule has 0 saturated heterocycles. The molecule has 0 spiro atoms. The molecule has 194 valence electrons. The van der Waals surface area contributed by atoms with Gasteiger partial charge in [-0.1, -0.05) is 36.4 Å². The molecular weight excluding hydrogens is 488 g/mol. The number of methoxy groups -OCH3 is 2. The van der Waals surface area contributed by atoms with Crippen LogP contribution in [-0.4, -0.2) is 54.0 Å². The van der Waals surface area contributed by atoms with Crippen LogP contribution in [0.25, 0.3) is 10.9 Å². The average molecular weight is 515 g/mol. The van der Waals surface area contributed by atoms with Crippen LogP contribution in [0.3, 0.4) is 0 Å².